The first-order chi connectivity index (χ1) is 7.68. The van der Waals surface area contributed by atoms with Crippen molar-refractivity contribution in [3.63, 3.8) is 0 Å². The number of hydrogen-bond donors (Lipinski definition) is 1. The van der Waals surface area contributed by atoms with E-state index in [2.05, 4.69) is 44.5 Å². The van der Waals surface area contributed by atoms with Gasteiger partial charge in [0.05, 0.1) is 3.57 Å². The Balaban J connectivity index is 2.07. The molecular formula is C11H17IN4. The Morgan fingerprint density at radius 1 is 1.38 bits per heavy atom. The molecule has 0 amide bonds. The Morgan fingerprint density at radius 2 is 2.06 bits per heavy atom. The van der Waals surface area contributed by atoms with Gasteiger partial charge in [0.1, 0.15) is 12.1 Å². The van der Waals surface area contributed by atoms with Crippen LogP contribution in [0.5, 0.6) is 0 Å². The zero-order valence-corrected chi connectivity index (χ0v) is 11.6. The van der Waals surface area contributed by atoms with E-state index in [-0.39, 0.29) is 0 Å². The Morgan fingerprint density at radius 3 is 2.69 bits per heavy atom. The maximum absolute atomic E-state index is 5.92. The van der Waals surface area contributed by atoms with Crippen LogP contribution in [0.1, 0.15) is 25.7 Å². The minimum absolute atomic E-state index is 0.397. The fraction of sp³-hybridized carbons (Fsp3) is 0.636. The molecule has 1 aromatic heterocycles. The third-order valence-electron chi connectivity index (χ3n) is 3.27. The average molecular weight is 332 g/mol. The van der Waals surface area contributed by atoms with Gasteiger partial charge in [0, 0.05) is 25.3 Å². The summed E-state index contributed by atoms with van der Waals surface area (Å²) in [4.78, 5) is 10.6. The highest BCUT2D eigenvalue weighted by Gasteiger charge is 2.23. The third kappa shape index (κ3) is 2.63. The summed E-state index contributed by atoms with van der Waals surface area (Å²) in [5, 5.41) is 0. The lowest BCUT2D eigenvalue weighted by Crippen LogP contribution is -2.39. The zero-order chi connectivity index (χ0) is 11.5. The predicted octanol–water partition coefficient (Wildman–Crippen LogP) is 1.79. The quantitative estimate of drug-likeness (QED) is 0.839. The molecule has 1 aromatic rings. The van der Waals surface area contributed by atoms with E-state index in [0.29, 0.717) is 12.1 Å². The van der Waals surface area contributed by atoms with Gasteiger partial charge in [-0.1, -0.05) is 0 Å². The SMILES string of the molecule is CN(c1ncncc1I)C1CCC(N)CC1. The normalized spacial score (nSPS) is 25.4. The van der Waals surface area contributed by atoms with E-state index < -0.39 is 0 Å². The lowest BCUT2D eigenvalue weighted by atomic mass is 9.91. The first-order valence-electron chi connectivity index (χ1n) is 5.62. The molecule has 0 aliphatic heterocycles. The molecule has 0 saturated heterocycles. The summed E-state index contributed by atoms with van der Waals surface area (Å²) in [6.45, 7) is 0. The molecule has 4 nitrogen and oxygen atoms in total. The Hall–Kier alpha value is -0.430. The van der Waals surface area contributed by atoms with E-state index >= 15 is 0 Å². The van der Waals surface area contributed by atoms with Gasteiger partial charge in [-0.25, -0.2) is 9.97 Å². The summed E-state index contributed by atoms with van der Waals surface area (Å²) in [6, 6.07) is 0.970. The molecule has 0 spiro atoms. The van der Waals surface area contributed by atoms with E-state index in [1.807, 2.05) is 6.20 Å². The number of rotatable bonds is 2. The highest BCUT2D eigenvalue weighted by molar-refractivity contribution is 14.1. The second-order valence-corrected chi connectivity index (χ2v) is 5.54. The molecule has 2 N–H and O–H groups in total. The Labute approximate surface area is 110 Å². The molecule has 5 heteroatoms. The first kappa shape index (κ1) is 12.0. The summed E-state index contributed by atoms with van der Waals surface area (Å²) in [6.07, 6.45) is 8.04. The van der Waals surface area contributed by atoms with Gasteiger partial charge in [-0.3, -0.25) is 0 Å². The molecule has 16 heavy (non-hydrogen) atoms. The number of anilines is 1. The molecule has 0 radical (unpaired) electrons. The molecule has 0 bridgehead atoms. The van der Waals surface area contributed by atoms with Crippen molar-refractivity contribution in [1.82, 2.24) is 9.97 Å². The maximum atomic E-state index is 5.92. The summed E-state index contributed by atoms with van der Waals surface area (Å²) < 4.78 is 1.11. The molecule has 1 fully saturated rings. The second-order valence-electron chi connectivity index (χ2n) is 4.37. The minimum atomic E-state index is 0.397. The van der Waals surface area contributed by atoms with Crippen molar-refractivity contribution >= 4 is 28.4 Å². The smallest absolute Gasteiger partial charge is 0.145 e. The molecular weight excluding hydrogens is 315 g/mol. The number of hydrogen-bond acceptors (Lipinski definition) is 4. The van der Waals surface area contributed by atoms with Crippen LogP contribution in [-0.4, -0.2) is 29.1 Å². The fourth-order valence-electron chi connectivity index (χ4n) is 2.23. The summed E-state index contributed by atoms with van der Waals surface area (Å²) in [5.41, 5.74) is 5.92. The second kappa shape index (κ2) is 5.27. The van der Waals surface area contributed by atoms with Crippen LogP contribution in [0.2, 0.25) is 0 Å². The fourth-order valence-corrected chi connectivity index (χ4v) is 2.91. The topological polar surface area (TPSA) is 55.0 Å². The van der Waals surface area contributed by atoms with Crippen LogP contribution in [0.4, 0.5) is 5.82 Å². The van der Waals surface area contributed by atoms with Crippen molar-refractivity contribution < 1.29 is 0 Å². The van der Waals surface area contributed by atoms with Crippen LogP contribution in [0.3, 0.4) is 0 Å². The lowest BCUT2D eigenvalue weighted by Gasteiger charge is -2.34. The van der Waals surface area contributed by atoms with Crippen molar-refractivity contribution in [3.8, 4) is 0 Å². The Kier molecular flexibility index (Phi) is 3.96. The molecule has 1 aliphatic carbocycles. The number of nitrogens with zero attached hydrogens (tertiary/aromatic N) is 3. The molecule has 0 unspecified atom stereocenters. The molecule has 1 saturated carbocycles. The van der Waals surface area contributed by atoms with Crippen LogP contribution in [-0.2, 0) is 0 Å². The number of halogens is 1. The summed E-state index contributed by atoms with van der Waals surface area (Å²) in [5.74, 6) is 1.04. The largest absolute Gasteiger partial charge is 0.356 e. The average Bonchev–Trinajstić information content (AvgIpc) is 2.30. The van der Waals surface area contributed by atoms with E-state index in [1.54, 1.807) is 6.33 Å². The highest BCUT2D eigenvalue weighted by atomic mass is 127. The van der Waals surface area contributed by atoms with Crippen LogP contribution < -0.4 is 10.6 Å². The minimum Gasteiger partial charge on any atom is -0.356 e. The van der Waals surface area contributed by atoms with Gasteiger partial charge in [-0.15, -0.1) is 0 Å². The summed E-state index contributed by atoms with van der Waals surface area (Å²) >= 11 is 2.28. The predicted molar refractivity (Wildman–Crippen MR) is 73.4 cm³/mol. The molecule has 2 rings (SSSR count). The molecule has 88 valence electrons. The van der Waals surface area contributed by atoms with Gasteiger partial charge < -0.3 is 10.6 Å². The summed E-state index contributed by atoms with van der Waals surface area (Å²) in [7, 11) is 2.12. The van der Waals surface area contributed by atoms with Crippen molar-refractivity contribution in [2.75, 3.05) is 11.9 Å². The van der Waals surface area contributed by atoms with Gasteiger partial charge in [-0.05, 0) is 48.3 Å². The molecule has 0 aromatic carbocycles. The van der Waals surface area contributed by atoms with Crippen LogP contribution in [0.15, 0.2) is 12.5 Å². The van der Waals surface area contributed by atoms with Gasteiger partial charge >= 0.3 is 0 Å². The van der Waals surface area contributed by atoms with Gasteiger partial charge in [-0.2, -0.15) is 0 Å². The molecule has 0 atom stereocenters. The van der Waals surface area contributed by atoms with Crippen molar-refractivity contribution in [2.24, 2.45) is 5.73 Å². The number of aromatic nitrogens is 2. The van der Waals surface area contributed by atoms with Gasteiger partial charge in [0.2, 0.25) is 0 Å². The molecule has 1 heterocycles. The number of nitrogens with two attached hydrogens (primary N) is 1. The van der Waals surface area contributed by atoms with Gasteiger partial charge in [0.25, 0.3) is 0 Å². The van der Waals surface area contributed by atoms with E-state index in [9.17, 15) is 0 Å². The van der Waals surface area contributed by atoms with Crippen molar-refractivity contribution in [1.29, 1.82) is 0 Å². The standard InChI is InChI=1S/C11H17IN4/c1-16(9-4-2-8(13)3-5-9)11-10(12)6-14-7-15-11/h6-9H,2-5,13H2,1H3. The van der Waals surface area contributed by atoms with Crippen LogP contribution in [0, 0.1) is 3.57 Å². The van der Waals surface area contributed by atoms with Crippen LogP contribution in [0.25, 0.3) is 0 Å². The monoisotopic (exact) mass is 332 g/mol. The van der Waals surface area contributed by atoms with Gasteiger partial charge in [0.15, 0.2) is 0 Å². The first-order valence-corrected chi connectivity index (χ1v) is 6.70. The highest BCUT2D eigenvalue weighted by Crippen LogP contribution is 2.26. The van der Waals surface area contributed by atoms with Crippen LogP contribution >= 0.6 is 22.6 Å². The third-order valence-corrected chi connectivity index (χ3v) is 4.03. The van der Waals surface area contributed by atoms with Crippen molar-refractivity contribution in [2.45, 2.75) is 37.8 Å². The van der Waals surface area contributed by atoms with Crippen molar-refractivity contribution in [3.05, 3.63) is 16.1 Å². The molecule has 1 aliphatic rings. The zero-order valence-electron chi connectivity index (χ0n) is 9.43. The van der Waals surface area contributed by atoms with E-state index in [4.69, 9.17) is 5.73 Å². The maximum Gasteiger partial charge on any atom is 0.145 e. The Bertz CT molecular complexity index is 350. The van der Waals surface area contributed by atoms with E-state index in [1.165, 1.54) is 0 Å². The van der Waals surface area contributed by atoms with E-state index in [0.717, 1.165) is 35.1 Å². The lowest BCUT2D eigenvalue weighted by molar-refractivity contribution is 0.383.